The Morgan fingerprint density at radius 3 is 2.62 bits per heavy atom. The Kier molecular flexibility index (Phi) is 7.98. The number of hydrogen-bond acceptors (Lipinski definition) is 2. The van der Waals surface area contributed by atoms with E-state index in [2.05, 4.69) is 64.2 Å². The molecule has 1 aromatic rings. The monoisotopic (exact) mass is 291 g/mol. The second-order valence-corrected chi connectivity index (χ2v) is 7.03. The van der Waals surface area contributed by atoms with E-state index in [0.29, 0.717) is 5.92 Å². The number of rotatable bonds is 9. The molecular formula is C19H33NO. The highest BCUT2D eigenvalue weighted by Gasteiger charge is 2.15. The summed E-state index contributed by atoms with van der Waals surface area (Å²) in [6.45, 7) is 13.7. The fraction of sp³-hybridized carbons (Fsp3) is 0.684. The molecule has 0 spiro atoms. The van der Waals surface area contributed by atoms with E-state index in [1.54, 1.807) is 0 Å². The van der Waals surface area contributed by atoms with Crippen LogP contribution < -0.4 is 5.32 Å². The predicted octanol–water partition coefficient (Wildman–Crippen LogP) is 4.36. The number of nitrogens with one attached hydrogen (secondary N) is 1. The molecule has 1 N–H and O–H groups in total. The van der Waals surface area contributed by atoms with Gasteiger partial charge in [0, 0.05) is 18.8 Å². The van der Waals surface area contributed by atoms with Gasteiger partial charge >= 0.3 is 0 Å². The van der Waals surface area contributed by atoms with E-state index in [0.717, 1.165) is 32.6 Å². The third kappa shape index (κ3) is 8.90. The van der Waals surface area contributed by atoms with Crippen molar-refractivity contribution < 1.29 is 4.74 Å². The van der Waals surface area contributed by atoms with E-state index >= 15 is 0 Å². The summed E-state index contributed by atoms with van der Waals surface area (Å²) in [5, 5.41) is 3.66. The zero-order valence-electron chi connectivity index (χ0n) is 14.5. The van der Waals surface area contributed by atoms with Gasteiger partial charge in [-0.3, -0.25) is 0 Å². The van der Waals surface area contributed by atoms with Crippen molar-refractivity contribution in [3.8, 4) is 0 Å². The van der Waals surface area contributed by atoms with Crippen molar-refractivity contribution in [2.75, 3.05) is 19.8 Å². The van der Waals surface area contributed by atoms with Crippen molar-refractivity contribution in [1.29, 1.82) is 0 Å². The summed E-state index contributed by atoms with van der Waals surface area (Å²) in [4.78, 5) is 0. The Morgan fingerprint density at radius 2 is 2.00 bits per heavy atom. The first kappa shape index (κ1) is 18.2. The molecule has 0 radical (unpaired) electrons. The van der Waals surface area contributed by atoms with Crippen molar-refractivity contribution in [2.24, 2.45) is 5.92 Å². The summed E-state index contributed by atoms with van der Waals surface area (Å²) in [5.41, 5.74) is 2.99. The molecule has 1 atom stereocenters. The SMILES string of the molecule is CCOCCCC(CNC(C)(C)C)Cc1cccc(C)c1. The summed E-state index contributed by atoms with van der Waals surface area (Å²) < 4.78 is 5.48. The van der Waals surface area contributed by atoms with Gasteiger partial charge in [0.2, 0.25) is 0 Å². The molecule has 120 valence electrons. The van der Waals surface area contributed by atoms with Gasteiger partial charge in [-0.2, -0.15) is 0 Å². The van der Waals surface area contributed by atoms with Crippen molar-refractivity contribution in [3.63, 3.8) is 0 Å². The second-order valence-electron chi connectivity index (χ2n) is 7.03. The molecule has 0 saturated heterocycles. The number of ether oxygens (including phenoxy) is 1. The molecule has 2 heteroatoms. The van der Waals surface area contributed by atoms with Gasteiger partial charge in [0.05, 0.1) is 0 Å². The summed E-state index contributed by atoms with van der Waals surface area (Å²) in [5.74, 6) is 0.673. The van der Waals surface area contributed by atoms with Crippen LogP contribution in [0.2, 0.25) is 0 Å². The molecular weight excluding hydrogens is 258 g/mol. The van der Waals surface area contributed by atoms with Crippen LogP contribution in [0.15, 0.2) is 24.3 Å². The Labute approximate surface area is 131 Å². The quantitative estimate of drug-likeness (QED) is 0.683. The molecule has 1 aromatic carbocycles. The van der Waals surface area contributed by atoms with Gasteiger partial charge in [-0.25, -0.2) is 0 Å². The zero-order valence-corrected chi connectivity index (χ0v) is 14.5. The summed E-state index contributed by atoms with van der Waals surface area (Å²) in [6, 6.07) is 8.90. The molecule has 0 aliphatic heterocycles. The fourth-order valence-electron chi connectivity index (χ4n) is 2.52. The average Bonchev–Trinajstić information content (AvgIpc) is 2.40. The second kappa shape index (κ2) is 9.22. The lowest BCUT2D eigenvalue weighted by Crippen LogP contribution is -2.39. The van der Waals surface area contributed by atoms with Crippen LogP contribution in [0.4, 0.5) is 0 Å². The third-order valence-corrected chi connectivity index (χ3v) is 3.63. The first-order valence-corrected chi connectivity index (χ1v) is 8.29. The van der Waals surface area contributed by atoms with Crippen LogP contribution in [0.1, 0.15) is 51.7 Å². The highest BCUT2D eigenvalue weighted by atomic mass is 16.5. The van der Waals surface area contributed by atoms with Gasteiger partial charge in [0.25, 0.3) is 0 Å². The lowest BCUT2D eigenvalue weighted by Gasteiger charge is -2.25. The fourth-order valence-corrected chi connectivity index (χ4v) is 2.52. The summed E-state index contributed by atoms with van der Waals surface area (Å²) in [6.07, 6.45) is 3.52. The highest BCUT2D eigenvalue weighted by molar-refractivity contribution is 5.22. The molecule has 0 saturated carbocycles. The van der Waals surface area contributed by atoms with Gasteiger partial charge in [-0.1, -0.05) is 29.8 Å². The molecule has 0 aliphatic rings. The molecule has 2 nitrogen and oxygen atoms in total. The zero-order chi connectivity index (χ0) is 15.7. The topological polar surface area (TPSA) is 21.3 Å². The van der Waals surface area contributed by atoms with Gasteiger partial charge < -0.3 is 10.1 Å². The first-order chi connectivity index (χ1) is 9.90. The molecule has 0 aliphatic carbocycles. The molecule has 0 bridgehead atoms. The maximum absolute atomic E-state index is 5.48. The predicted molar refractivity (Wildman–Crippen MR) is 91.9 cm³/mol. The van der Waals surface area contributed by atoms with Gasteiger partial charge in [0.1, 0.15) is 0 Å². The summed E-state index contributed by atoms with van der Waals surface area (Å²) >= 11 is 0. The minimum absolute atomic E-state index is 0.185. The van der Waals surface area contributed by atoms with Crippen LogP contribution >= 0.6 is 0 Å². The Bertz CT molecular complexity index is 395. The standard InChI is InChI=1S/C19H33NO/c1-6-21-12-8-11-18(15-20-19(3,4)5)14-17-10-7-9-16(2)13-17/h7,9-10,13,18,20H,6,8,11-12,14-15H2,1-5H3. The number of aryl methyl sites for hydroxylation is 1. The first-order valence-electron chi connectivity index (χ1n) is 8.29. The normalized spacial score (nSPS) is 13.4. The smallest absolute Gasteiger partial charge is 0.0466 e. The van der Waals surface area contributed by atoms with Gasteiger partial charge in [0.15, 0.2) is 0 Å². The Hall–Kier alpha value is -0.860. The van der Waals surface area contributed by atoms with Crippen LogP contribution in [0.5, 0.6) is 0 Å². The van der Waals surface area contributed by atoms with Crippen molar-refractivity contribution in [3.05, 3.63) is 35.4 Å². The molecule has 0 heterocycles. The number of benzene rings is 1. The molecule has 1 unspecified atom stereocenters. The molecule has 1 rings (SSSR count). The van der Waals surface area contributed by atoms with Crippen LogP contribution in [0, 0.1) is 12.8 Å². The molecule has 0 aromatic heterocycles. The lowest BCUT2D eigenvalue weighted by molar-refractivity contribution is 0.138. The van der Waals surface area contributed by atoms with Crippen molar-refractivity contribution in [1.82, 2.24) is 5.32 Å². The van der Waals surface area contributed by atoms with E-state index in [1.165, 1.54) is 17.5 Å². The van der Waals surface area contributed by atoms with E-state index < -0.39 is 0 Å². The minimum Gasteiger partial charge on any atom is -0.382 e. The summed E-state index contributed by atoms with van der Waals surface area (Å²) in [7, 11) is 0. The number of hydrogen-bond donors (Lipinski definition) is 1. The highest BCUT2D eigenvalue weighted by Crippen LogP contribution is 2.16. The minimum atomic E-state index is 0.185. The van der Waals surface area contributed by atoms with Crippen molar-refractivity contribution in [2.45, 2.75) is 59.4 Å². The van der Waals surface area contributed by atoms with Crippen LogP contribution in [0.3, 0.4) is 0 Å². The molecule has 21 heavy (non-hydrogen) atoms. The Morgan fingerprint density at radius 1 is 1.24 bits per heavy atom. The van der Waals surface area contributed by atoms with E-state index in [9.17, 15) is 0 Å². The van der Waals surface area contributed by atoms with Gasteiger partial charge in [-0.15, -0.1) is 0 Å². The largest absolute Gasteiger partial charge is 0.382 e. The van der Waals surface area contributed by atoms with E-state index in [-0.39, 0.29) is 5.54 Å². The Balaban J connectivity index is 2.53. The third-order valence-electron chi connectivity index (χ3n) is 3.63. The maximum Gasteiger partial charge on any atom is 0.0466 e. The van der Waals surface area contributed by atoms with Crippen LogP contribution in [-0.4, -0.2) is 25.3 Å². The van der Waals surface area contributed by atoms with E-state index in [1.807, 2.05) is 0 Å². The van der Waals surface area contributed by atoms with Crippen LogP contribution in [0.25, 0.3) is 0 Å². The molecule has 0 fully saturated rings. The van der Waals surface area contributed by atoms with E-state index in [4.69, 9.17) is 4.74 Å². The van der Waals surface area contributed by atoms with Crippen molar-refractivity contribution >= 4 is 0 Å². The lowest BCUT2D eigenvalue weighted by atomic mass is 9.93. The average molecular weight is 291 g/mol. The molecule has 0 amide bonds. The maximum atomic E-state index is 5.48. The van der Waals surface area contributed by atoms with Gasteiger partial charge in [-0.05, 0) is 71.9 Å². The van der Waals surface area contributed by atoms with Crippen LogP contribution in [-0.2, 0) is 11.2 Å².